The van der Waals surface area contributed by atoms with Crippen molar-refractivity contribution in [3.8, 4) is 11.1 Å². The molecule has 0 radical (unpaired) electrons. The van der Waals surface area contributed by atoms with Crippen molar-refractivity contribution in [2.24, 2.45) is 12.5 Å². The molecule has 0 spiro atoms. The molecule has 2 aliphatic heterocycles. The summed E-state index contributed by atoms with van der Waals surface area (Å²) in [6.45, 7) is 10.1. The molecule has 1 aliphatic carbocycles. The molecule has 0 bridgehead atoms. The van der Waals surface area contributed by atoms with Gasteiger partial charge in [0.1, 0.15) is 23.0 Å². The van der Waals surface area contributed by atoms with Crippen molar-refractivity contribution in [2.45, 2.75) is 65.8 Å². The summed E-state index contributed by atoms with van der Waals surface area (Å²) in [7, 11) is 1.65. The number of aliphatic hydroxyl groups is 1. The second-order valence-corrected chi connectivity index (χ2v) is 14.0. The Balaban J connectivity index is 1.16. The molecule has 250 valence electrons. The molecule has 4 aromatic rings. The number of anilines is 3. The van der Waals surface area contributed by atoms with E-state index in [1.807, 2.05) is 24.8 Å². The van der Waals surface area contributed by atoms with Crippen molar-refractivity contribution in [2.75, 3.05) is 30.0 Å². The Morgan fingerprint density at radius 2 is 1.83 bits per heavy atom. The molecule has 3 aliphatic rings. The normalized spacial score (nSPS) is 20.1. The Morgan fingerprint density at radius 1 is 1.06 bits per heavy atom. The van der Waals surface area contributed by atoms with Crippen LogP contribution in [0.2, 0.25) is 0 Å². The zero-order valence-electron chi connectivity index (χ0n) is 28.0. The summed E-state index contributed by atoms with van der Waals surface area (Å²) in [5.41, 5.74) is 5.57. The van der Waals surface area contributed by atoms with Gasteiger partial charge in [0.05, 0.1) is 37.5 Å². The summed E-state index contributed by atoms with van der Waals surface area (Å²) in [6, 6.07) is 8.78. The van der Waals surface area contributed by atoms with Gasteiger partial charge in [-0.2, -0.15) is 0 Å². The summed E-state index contributed by atoms with van der Waals surface area (Å²) in [5.74, 6) is 0.552. The number of morpholine rings is 1. The lowest BCUT2D eigenvalue weighted by Gasteiger charge is -2.38. The van der Waals surface area contributed by atoms with E-state index in [0.717, 1.165) is 12.8 Å². The molecule has 4 aromatic heterocycles. The van der Waals surface area contributed by atoms with Gasteiger partial charge in [-0.15, -0.1) is 0 Å². The minimum absolute atomic E-state index is 0.0461. The minimum atomic E-state index is -0.350. The van der Waals surface area contributed by atoms with Gasteiger partial charge < -0.3 is 29.2 Å². The van der Waals surface area contributed by atoms with Crippen molar-refractivity contribution in [3.05, 3.63) is 87.4 Å². The van der Waals surface area contributed by atoms with E-state index in [2.05, 4.69) is 33.7 Å². The summed E-state index contributed by atoms with van der Waals surface area (Å²) < 4.78 is 9.16. The van der Waals surface area contributed by atoms with Crippen molar-refractivity contribution in [1.29, 1.82) is 0 Å². The topological polar surface area (TPSA) is 135 Å². The summed E-state index contributed by atoms with van der Waals surface area (Å²) >= 11 is 0. The van der Waals surface area contributed by atoms with Gasteiger partial charge in [0, 0.05) is 55.5 Å². The van der Waals surface area contributed by atoms with Crippen LogP contribution in [-0.2, 0) is 37.8 Å². The Bertz CT molecular complexity index is 1970. The third kappa shape index (κ3) is 5.48. The number of carbonyl (C=O) groups is 2. The number of nitrogens with one attached hydrogen (secondary N) is 1. The number of ether oxygens (including phenoxy) is 1. The first-order valence-corrected chi connectivity index (χ1v) is 16.4. The van der Waals surface area contributed by atoms with E-state index in [-0.39, 0.29) is 47.2 Å². The standard InChI is InChI=1S/C36H41N7O5/c1-21-19-48-20-22(2)43(21)33(45)23-6-7-31(38-16-23)39-28-12-25(17-40(5)34(28)46)26-8-9-37-32(27(26)18-44)42-11-10-41-29(35(42)47)13-24-14-36(3,4)15-30(24)41/h6-9,12-13,16-17,21-22,44H,10-11,14-15,18-20H2,1-5H3,(H,38,39)/t21-,22+. The van der Waals surface area contributed by atoms with Crippen LogP contribution >= 0.6 is 0 Å². The maximum absolute atomic E-state index is 13.8. The van der Waals surface area contributed by atoms with Crippen LogP contribution in [0.3, 0.4) is 0 Å². The Morgan fingerprint density at radius 3 is 2.54 bits per heavy atom. The van der Waals surface area contributed by atoms with Crippen LogP contribution in [0.25, 0.3) is 11.1 Å². The number of rotatable bonds is 6. The van der Waals surface area contributed by atoms with Crippen molar-refractivity contribution in [1.82, 2.24) is 24.0 Å². The lowest BCUT2D eigenvalue weighted by molar-refractivity contribution is -0.0249. The van der Waals surface area contributed by atoms with Gasteiger partial charge >= 0.3 is 0 Å². The smallest absolute Gasteiger partial charge is 0.276 e. The number of fused-ring (bicyclic) bond motifs is 3. The van der Waals surface area contributed by atoms with Crippen LogP contribution < -0.4 is 15.8 Å². The van der Waals surface area contributed by atoms with E-state index < -0.39 is 0 Å². The number of pyridine rings is 3. The first kappa shape index (κ1) is 31.8. The quantitative estimate of drug-likeness (QED) is 0.321. The number of carbonyl (C=O) groups excluding carboxylic acids is 2. The number of aromatic nitrogens is 4. The molecule has 1 fully saturated rings. The number of aliphatic hydroxyl groups excluding tert-OH is 1. The molecule has 2 atom stereocenters. The van der Waals surface area contributed by atoms with E-state index in [1.54, 1.807) is 48.6 Å². The third-order valence-electron chi connectivity index (χ3n) is 9.74. The fourth-order valence-electron chi connectivity index (χ4n) is 7.49. The molecule has 12 heteroatoms. The van der Waals surface area contributed by atoms with E-state index in [0.29, 0.717) is 65.9 Å². The van der Waals surface area contributed by atoms with Crippen LogP contribution in [0.1, 0.15) is 65.4 Å². The molecule has 7 rings (SSSR count). The van der Waals surface area contributed by atoms with Crippen molar-refractivity contribution >= 4 is 29.1 Å². The van der Waals surface area contributed by atoms with E-state index in [1.165, 1.54) is 22.0 Å². The van der Waals surface area contributed by atoms with E-state index >= 15 is 0 Å². The van der Waals surface area contributed by atoms with Gasteiger partial charge in [0.2, 0.25) is 0 Å². The predicted octanol–water partition coefficient (Wildman–Crippen LogP) is 3.91. The molecule has 2 amide bonds. The average Bonchev–Trinajstić information content (AvgIpc) is 3.55. The van der Waals surface area contributed by atoms with Gasteiger partial charge in [-0.25, -0.2) is 9.97 Å². The highest BCUT2D eigenvalue weighted by Crippen LogP contribution is 2.40. The van der Waals surface area contributed by atoms with Crippen LogP contribution in [0, 0.1) is 5.41 Å². The number of amides is 2. The Labute approximate surface area is 279 Å². The van der Waals surface area contributed by atoms with Gasteiger partial charge in [0.15, 0.2) is 0 Å². The molecule has 48 heavy (non-hydrogen) atoms. The maximum Gasteiger partial charge on any atom is 0.276 e. The molecule has 0 aromatic carbocycles. The SMILES string of the molecule is C[C@@H]1COC[C@H](C)N1C(=O)c1ccc(Nc2cc(-c3ccnc(N4CCn5c(cc6c5CC(C)(C)C6)C4=O)c3CO)cn(C)c2=O)nc1. The van der Waals surface area contributed by atoms with Crippen molar-refractivity contribution in [3.63, 3.8) is 0 Å². The predicted molar refractivity (Wildman–Crippen MR) is 182 cm³/mol. The molecule has 0 unspecified atom stereocenters. The van der Waals surface area contributed by atoms with Gasteiger partial charge in [-0.05, 0) is 73.6 Å². The van der Waals surface area contributed by atoms with Gasteiger partial charge in [-0.1, -0.05) is 13.8 Å². The Hall–Kier alpha value is -4.81. The number of hydrogen-bond acceptors (Lipinski definition) is 8. The van der Waals surface area contributed by atoms with E-state index in [4.69, 9.17) is 4.74 Å². The highest BCUT2D eigenvalue weighted by atomic mass is 16.5. The summed E-state index contributed by atoms with van der Waals surface area (Å²) in [6.07, 6.45) is 6.72. The molecule has 12 nitrogen and oxygen atoms in total. The number of aryl methyl sites for hydroxylation is 1. The lowest BCUT2D eigenvalue weighted by atomic mass is 9.90. The number of hydrogen-bond donors (Lipinski definition) is 2. The molecular weight excluding hydrogens is 610 g/mol. The Kier molecular flexibility index (Phi) is 7.95. The van der Waals surface area contributed by atoms with Crippen molar-refractivity contribution < 1.29 is 19.4 Å². The van der Waals surface area contributed by atoms with Crippen LogP contribution in [-0.4, -0.2) is 72.8 Å². The molecule has 2 N–H and O–H groups in total. The molecular formula is C36H41N7O5. The van der Waals surface area contributed by atoms with Gasteiger partial charge in [-0.3, -0.25) is 19.3 Å². The summed E-state index contributed by atoms with van der Waals surface area (Å²) in [5, 5.41) is 13.7. The first-order chi connectivity index (χ1) is 23.0. The van der Waals surface area contributed by atoms with Crippen LogP contribution in [0.4, 0.5) is 17.3 Å². The first-order valence-electron chi connectivity index (χ1n) is 16.4. The fraction of sp³-hybridized carbons (Fsp3) is 0.417. The van der Waals surface area contributed by atoms with Gasteiger partial charge in [0.25, 0.3) is 17.4 Å². The second-order valence-electron chi connectivity index (χ2n) is 14.0. The average molecular weight is 652 g/mol. The molecule has 1 saturated heterocycles. The van der Waals surface area contributed by atoms with E-state index in [9.17, 15) is 19.5 Å². The maximum atomic E-state index is 13.8. The molecule has 0 saturated carbocycles. The zero-order chi connectivity index (χ0) is 33.9. The number of nitrogens with zero attached hydrogens (tertiary/aromatic N) is 6. The minimum Gasteiger partial charge on any atom is -0.392 e. The monoisotopic (exact) mass is 651 g/mol. The summed E-state index contributed by atoms with van der Waals surface area (Å²) in [4.78, 5) is 52.8. The zero-order valence-corrected chi connectivity index (χ0v) is 28.0. The fourth-order valence-corrected chi connectivity index (χ4v) is 7.49. The highest BCUT2D eigenvalue weighted by Gasteiger charge is 2.37. The second kappa shape index (κ2) is 12.0. The van der Waals surface area contributed by atoms with Crippen LogP contribution in [0.15, 0.2) is 53.7 Å². The third-order valence-corrected chi connectivity index (χ3v) is 9.74. The van der Waals surface area contributed by atoms with Crippen LogP contribution in [0.5, 0.6) is 0 Å². The highest BCUT2D eigenvalue weighted by molar-refractivity contribution is 6.06. The largest absolute Gasteiger partial charge is 0.392 e. The molecule has 6 heterocycles. The lowest BCUT2D eigenvalue weighted by Crippen LogP contribution is -2.52.